The highest BCUT2D eigenvalue weighted by Crippen LogP contribution is 2.39. The Morgan fingerprint density at radius 1 is 0.781 bits per heavy atom. The van der Waals surface area contributed by atoms with Crippen molar-refractivity contribution in [3.63, 3.8) is 0 Å². The highest BCUT2D eigenvalue weighted by atomic mass is 32.2. The van der Waals surface area contributed by atoms with Crippen molar-refractivity contribution in [2.75, 3.05) is 5.38 Å². The first-order valence-corrected chi connectivity index (χ1v) is 16.8. The Kier molecular flexibility index (Phi) is 9.46. The number of halogens is 2. The van der Waals surface area contributed by atoms with Crippen LogP contribution in [0, 0.1) is 11.6 Å². The fourth-order valence-corrected chi connectivity index (χ4v) is 8.26. The van der Waals surface area contributed by atoms with Crippen LogP contribution in [0.25, 0.3) is 0 Å². The van der Waals surface area contributed by atoms with Crippen molar-refractivity contribution in [3.8, 4) is 0 Å². The predicted molar refractivity (Wildman–Crippen MR) is 142 cm³/mol. The molecular weight excluding hydrogens is 477 g/mol. The van der Waals surface area contributed by atoms with Crippen molar-refractivity contribution < 1.29 is 8.78 Å². The summed E-state index contributed by atoms with van der Waals surface area (Å²) in [5, 5.41) is 2.18. The average Bonchev–Trinajstić information content (AvgIpc) is 2.75. The maximum Gasteiger partial charge on any atom is 0.123 e. The van der Waals surface area contributed by atoms with Crippen molar-refractivity contribution in [2.45, 2.75) is 40.4 Å². The van der Waals surface area contributed by atoms with E-state index in [1.807, 2.05) is 42.1 Å². The van der Waals surface area contributed by atoms with Crippen LogP contribution in [-0.2, 0) is 0 Å². The Morgan fingerprint density at radius 3 is 1.75 bits per heavy atom. The number of thioether (sulfide) groups is 3. The van der Waals surface area contributed by atoms with Crippen LogP contribution in [0.5, 0.6) is 0 Å². The summed E-state index contributed by atoms with van der Waals surface area (Å²) in [6.07, 6.45) is 0.758. The van der Waals surface area contributed by atoms with Crippen LogP contribution in [-0.4, -0.2) is 23.1 Å². The molecule has 0 heterocycles. The summed E-state index contributed by atoms with van der Waals surface area (Å²) >= 11 is 5.22. The van der Waals surface area contributed by atoms with Gasteiger partial charge in [0.2, 0.25) is 0 Å². The number of hydrogen-bond donors (Lipinski definition) is 0. The number of hydrogen-bond acceptors (Lipinski definition) is 4. The zero-order chi connectivity index (χ0) is 23.0. The molecule has 0 saturated heterocycles. The first-order chi connectivity index (χ1) is 15.3. The number of para-hydroxylation sites is 1. The standard InChI is InChI=1S/C25H27F2NS3Si/c1-32(2,3)18-29-24(28-21-7-5-4-6-8-21)17-25(30-22-13-9-19(26)10-14-22)31-23-15-11-20(27)12-16-23/h4-16,25H,17-18H2,1-3H3. The topological polar surface area (TPSA) is 12.4 Å². The SMILES string of the molecule is C[Si](C)(C)CSC(CC(Sc1ccc(F)cc1)Sc1ccc(F)cc1)=Nc1ccccc1. The molecule has 1 nitrogen and oxygen atoms in total. The molecule has 3 rings (SSSR count). The Labute approximate surface area is 203 Å². The minimum Gasteiger partial charge on any atom is -0.247 e. The van der Waals surface area contributed by atoms with E-state index in [-0.39, 0.29) is 16.2 Å². The van der Waals surface area contributed by atoms with Crippen molar-refractivity contribution in [1.82, 2.24) is 0 Å². The normalized spacial score (nSPS) is 12.4. The quantitative estimate of drug-likeness (QED) is 0.0951. The van der Waals surface area contributed by atoms with Gasteiger partial charge in [-0.05, 0) is 66.0 Å². The van der Waals surface area contributed by atoms with E-state index in [0.29, 0.717) is 0 Å². The lowest BCUT2D eigenvalue weighted by Gasteiger charge is -2.20. The first kappa shape index (κ1) is 25.1. The lowest BCUT2D eigenvalue weighted by atomic mass is 10.3. The van der Waals surface area contributed by atoms with Crippen LogP contribution in [0.3, 0.4) is 0 Å². The third-order valence-electron chi connectivity index (χ3n) is 4.19. The molecular formula is C25H27F2NS3Si. The summed E-state index contributed by atoms with van der Waals surface area (Å²) in [4.78, 5) is 6.97. The first-order valence-electron chi connectivity index (χ1n) is 10.4. The van der Waals surface area contributed by atoms with Crippen molar-refractivity contribution in [2.24, 2.45) is 4.99 Å². The molecule has 32 heavy (non-hydrogen) atoms. The molecule has 0 atom stereocenters. The zero-order valence-electron chi connectivity index (χ0n) is 18.4. The van der Waals surface area contributed by atoms with Gasteiger partial charge in [-0.15, -0.1) is 35.3 Å². The highest BCUT2D eigenvalue weighted by Gasteiger charge is 2.20. The molecule has 168 valence electrons. The molecule has 0 aromatic heterocycles. The van der Waals surface area contributed by atoms with Gasteiger partial charge in [-0.1, -0.05) is 37.8 Å². The number of rotatable bonds is 9. The summed E-state index contributed by atoms with van der Waals surface area (Å²) in [7, 11) is -1.26. The van der Waals surface area contributed by atoms with Gasteiger partial charge in [-0.3, -0.25) is 0 Å². The highest BCUT2D eigenvalue weighted by molar-refractivity contribution is 8.18. The van der Waals surface area contributed by atoms with Crippen molar-refractivity contribution >= 4 is 54.1 Å². The molecule has 0 aliphatic rings. The molecule has 0 fully saturated rings. The fourth-order valence-electron chi connectivity index (χ4n) is 2.66. The molecule has 0 unspecified atom stereocenters. The minimum absolute atomic E-state index is 0.113. The third-order valence-corrected chi connectivity index (χ3v) is 11.3. The van der Waals surface area contributed by atoms with Gasteiger partial charge in [0.05, 0.1) is 23.4 Å². The summed E-state index contributed by atoms with van der Waals surface area (Å²) in [6.45, 7) is 7.08. The van der Waals surface area contributed by atoms with E-state index >= 15 is 0 Å². The minimum atomic E-state index is -1.26. The summed E-state index contributed by atoms with van der Waals surface area (Å²) < 4.78 is 26.9. The maximum atomic E-state index is 13.4. The second-order valence-corrected chi connectivity index (χ2v) is 18.4. The van der Waals surface area contributed by atoms with Gasteiger partial charge in [-0.25, -0.2) is 13.8 Å². The molecule has 0 bridgehead atoms. The number of aliphatic imine (C=N–C) groups is 1. The average molecular weight is 504 g/mol. The van der Waals surface area contributed by atoms with Crippen molar-refractivity contribution in [1.29, 1.82) is 0 Å². The van der Waals surface area contributed by atoms with E-state index < -0.39 is 8.07 Å². The van der Waals surface area contributed by atoms with E-state index in [1.54, 1.807) is 47.8 Å². The van der Waals surface area contributed by atoms with Crippen LogP contribution in [0.1, 0.15) is 6.42 Å². The maximum absolute atomic E-state index is 13.4. The molecule has 7 heteroatoms. The third kappa shape index (κ3) is 9.14. The monoisotopic (exact) mass is 503 g/mol. The van der Waals surface area contributed by atoms with E-state index in [4.69, 9.17) is 4.99 Å². The Morgan fingerprint density at radius 2 is 1.28 bits per heavy atom. The van der Waals surface area contributed by atoms with Crippen LogP contribution in [0.2, 0.25) is 19.6 Å². The smallest absolute Gasteiger partial charge is 0.123 e. The van der Waals surface area contributed by atoms with Gasteiger partial charge in [0.1, 0.15) is 11.6 Å². The van der Waals surface area contributed by atoms with Crippen LogP contribution in [0.4, 0.5) is 14.5 Å². The summed E-state index contributed by atoms with van der Waals surface area (Å²) in [5.41, 5.74) is 0.947. The van der Waals surface area contributed by atoms with E-state index in [1.165, 1.54) is 24.3 Å². The lowest BCUT2D eigenvalue weighted by Crippen LogP contribution is -2.25. The van der Waals surface area contributed by atoms with Crippen LogP contribution in [0.15, 0.2) is 93.6 Å². The van der Waals surface area contributed by atoms with Gasteiger partial charge in [0, 0.05) is 16.2 Å². The zero-order valence-corrected chi connectivity index (χ0v) is 21.9. The van der Waals surface area contributed by atoms with Gasteiger partial charge < -0.3 is 0 Å². The molecule has 0 aliphatic carbocycles. The summed E-state index contributed by atoms with van der Waals surface area (Å²) in [6, 6.07) is 23.2. The predicted octanol–water partition coefficient (Wildman–Crippen LogP) is 8.91. The largest absolute Gasteiger partial charge is 0.247 e. The van der Waals surface area contributed by atoms with Crippen molar-refractivity contribution in [3.05, 3.63) is 90.5 Å². The van der Waals surface area contributed by atoms with Gasteiger partial charge >= 0.3 is 0 Å². The molecule has 0 saturated carbocycles. The summed E-state index contributed by atoms with van der Waals surface area (Å²) in [5.74, 6) is -0.483. The molecule has 3 aromatic rings. The molecule has 3 aromatic carbocycles. The Bertz CT molecular complexity index is 957. The molecule has 0 amide bonds. The van der Waals surface area contributed by atoms with E-state index in [2.05, 4.69) is 19.6 Å². The van der Waals surface area contributed by atoms with E-state index in [9.17, 15) is 8.78 Å². The molecule has 0 aliphatic heterocycles. The van der Waals surface area contributed by atoms with Gasteiger partial charge in [-0.2, -0.15) is 0 Å². The number of nitrogens with zero attached hydrogens (tertiary/aromatic N) is 1. The molecule has 0 spiro atoms. The fraction of sp³-hybridized carbons (Fsp3) is 0.240. The van der Waals surface area contributed by atoms with Gasteiger partial charge in [0.15, 0.2) is 0 Å². The van der Waals surface area contributed by atoms with Crippen LogP contribution >= 0.6 is 35.3 Å². The lowest BCUT2D eigenvalue weighted by molar-refractivity contribution is 0.626. The second-order valence-electron chi connectivity index (χ2n) is 8.47. The van der Waals surface area contributed by atoms with Gasteiger partial charge in [0.25, 0.3) is 0 Å². The number of benzene rings is 3. The second kappa shape index (κ2) is 12.1. The Balaban J connectivity index is 1.85. The van der Waals surface area contributed by atoms with E-state index in [0.717, 1.165) is 32.3 Å². The Hall–Kier alpha value is -1.54. The molecule has 0 N–H and O–H groups in total. The van der Waals surface area contributed by atoms with Crippen LogP contribution < -0.4 is 0 Å². The molecule has 0 radical (unpaired) electrons.